The van der Waals surface area contributed by atoms with Crippen molar-refractivity contribution < 1.29 is 4.79 Å². The number of hydrogen-bond acceptors (Lipinski definition) is 6. The van der Waals surface area contributed by atoms with Gasteiger partial charge in [0.15, 0.2) is 5.82 Å². The van der Waals surface area contributed by atoms with Crippen molar-refractivity contribution in [3.63, 3.8) is 0 Å². The zero-order valence-electron chi connectivity index (χ0n) is 18.0. The molecule has 1 aromatic carbocycles. The zero-order chi connectivity index (χ0) is 22.5. The maximum Gasteiger partial charge on any atom is 0.328 e. The topological polar surface area (TPSA) is 113 Å². The summed E-state index contributed by atoms with van der Waals surface area (Å²) in [5, 5.41) is 11.6. The molecule has 2 N–H and O–H groups in total. The molecule has 1 fully saturated rings. The molecule has 0 atom stereocenters. The van der Waals surface area contributed by atoms with Crippen LogP contribution in [0.4, 0.5) is 11.5 Å². The van der Waals surface area contributed by atoms with Crippen LogP contribution in [0.1, 0.15) is 26.2 Å². The number of aromatic nitrogens is 4. The molecule has 4 rings (SSSR count). The first-order valence-corrected chi connectivity index (χ1v) is 10.8. The van der Waals surface area contributed by atoms with E-state index in [1.54, 1.807) is 12.1 Å². The van der Waals surface area contributed by atoms with Gasteiger partial charge in [-0.15, -0.1) is 10.2 Å². The van der Waals surface area contributed by atoms with Crippen LogP contribution < -0.4 is 21.5 Å². The van der Waals surface area contributed by atoms with E-state index < -0.39 is 11.2 Å². The van der Waals surface area contributed by atoms with E-state index >= 15 is 0 Å². The van der Waals surface area contributed by atoms with Gasteiger partial charge in [0.1, 0.15) is 0 Å². The maximum atomic E-state index is 12.2. The Morgan fingerprint density at radius 2 is 1.81 bits per heavy atom. The maximum absolute atomic E-state index is 12.2. The largest absolute Gasteiger partial charge is 0.355 e. The van der Waals surface area contributed by atoms with Crippen LogP contribution in [-0.2, 0) is 11.3 Å². The lowest BCUT2D eigenvalue weighted by Gasteiger charge is -2.30. The van der Waals surface area contributed by atoms with Crippen LogP contribution in [0.3, 0.4) is 0 Å². The summed E-state index contributed by atoms with van der Waals surface area (Å²) >= 11 is 0. The highest BCUT2D eigenvalue weighted by atomic mass is 16.2. The molecule has 3 heterocycles. The van der Waals surface area contributed by atoms with E-state index in [9.17, 15) is 14.4 Å². The minimum absolute atomic E-state index is 0.107. The van der Waals surface area contributed by atoms with Gasteiger partial charge in [-0.25, -0.2) is 4.79 Å². The molecule has 1 saturated heterocycles. The number of amides is 1. The first-order valence-electron chi connectivity index (χ1n) is 10.8. The van der Waals surface area contributed by atoms with Crippen molar-refractivity contribution in [2.75, 3.05) is 23.3 Å². The molecule has 9 heteroatoms. The van der Waals surface area contributed by atoms with Gasteiger partial charge >= 0.3 is 5.69 Å². The average Bonchev–Trinajstić information content (AvgIpc) is 2.80. The third-order valence-corrected chi connectivity index (χ3v) is 5.70. The van der Waals surface area contributed by atoms with Gasteiger partial charge < -0.3 is 14.8 Å². The Bertz CT molecular complexity index is 1180. The van der Waals surface area contributed by atoms with E-state index in [0.29, 0.717) is 5.69 Å². The molecule has 1 aliphatic heterocycles. The Kier molecular flexibility index (Phi) is 6.44. The summed E-state index contributed by atoms with van der Waals surface area (Å²) in [6.45, 7) is 4.49. The van der Waals surface area contributed by atoms with E-state index in [-0.39, 0.29) is 18.9 Å². The fourth-order valence-electron chi connectivity index (χ4n) is 3.68. The molecule has 166 valence electrons. The number of anilines is 2. The van der Waals surface area contributed by atoms with Crippen LogP contribution in [0, 0.1) is 5.92 Å². The number of carbonyl (C=O) groups excluding carboxylic acids is 1. The van der Waals surface area contributed by atoms with Gasteiger partial charge in [0, 0.05) is 49.6 Å². The number of piperidine rings is 1. The second-order valence-electron chi connectivity index (χ2n) is 8.13. The molecule has 1 aliphatic rings. The molecule has 0 saturated carbocycles. The Hall–Kier alpha value is -3.75. The number of nitrogens with zero attached hydrogens (tertiary/aromatic N) is 4. The summed E-state index contributed by atoms with van der Waals surface area (Å²) in [7, 11) is 0. The van der Waals surface area contributed by atoms with Crippen LogP contribution in [0.5, 0.6) is 0 Å². The molecule has 0 unspecified atom stereocenters. The van der Waals surface area contributed by atoms with Crippen LogP contribution in [-0.4, -0.2) is 38.7 Å². The van der Waals surface area contributed by atoms with Gasteiger partial charge in [0.25, 0.3) is 5.56 Å². The number of aryl methyl sites for hydroxylation is 1. The lowest BCUT2D eigenvalue weighted by atomic mass is 9.99. The number of nitrogens with one attached hydrogen (secondary N) is 2. The Balaban J connectivity index is 1.33. The third kappa shape index (κ3) is 5.29. The highest BCUT2D eigenvalue weighted by molar-refractivity contribution is 5.90. The van der Waals surface area contributed by atoms with Crippen molar-refractivity contribution in [2.45, 2.75) is 32.7 Å². The highest BCUT2D eigenvalue weighted by Gasteiger charge is 2.17. The molecular weight excluding hydrogens is 408 g/mol. The van der Waals surface area contributed by atoms with Gasteiger partial charge in [-0.2, -0.15) is 0 Å². The Labute approximate surface area is 185 Å². The molecule has 0 spiro atoms. The van der Waals surface area contributed by atoms with Gasteiger partial charge in [0.2, 0.25) is 5.91 Å². The summed E-state index contributed by atoms with van der Waals surface area (Å²) < 4.78 is 1.29. The van der Waals surface area contributed by atoms with Crippen molar-refractivity contribution in [1.29, 1.82) is 0 Å². The molecular formula is C23H26N6O3. The molecule has 0 bridgehead atoms. The van der Waals surface area contributed by atoms with E-state index in [4.69, 9.17) is 0 Å². The molecule has 2 aromatic heterocycles. The number of H-pyrrole nitrogens is 1. The standard InChI is InChI=1S/C23H26N6O3/c1-16-8-12-28(13-9-16)20-7-6-19(26-27-20)17-2-4-18(5-3-17)24-21(30)10-14-29-15-11-22(31)25-23(29)32/h2-7,11,15-16H,8-10,12-14H2,1H3,(H,24,30)(H,25,31,32). The number of benzene rings is 1. The molecule has 9 nitrogen and oxygen atoms in total. The Morgan fingerprint density at radius 1 is 1.06 bits per heavy atom. The SMILES string of the molecule is CC1CCN(c2ccc(-c3ccc(NC(=O)CCn4ccc(=O)[nH]c4=O)cc3)nn2)CC1. The highest BCUT2D eigenvalue weighted by Crippen LogP contribution is 2.23. The summed E-state index contributed by atoms with van der Waals surface area (Å²) in [5.41, 5.74) is 1.34. The van der Waals surface area contributed by atoms with Crippen LogP contribution >= 0.6 is 0 Å². The normalized spacial score (nSPS) is 14.3. The van der Waals surface area contributed by atoms with Crippen molar-refractivity contribution >= 4 is 17.4 Å². The lowest BCUT2D eigenvalue weighted by Crippen LogP contribution is -2.33. The smallest absolute Gasteiger partial charge is 0.328 e. The number of aromatic amines is 1. The van der Waals surface area contributed by atoms with Crippen molar-refractivity contribution in [3.8, 4) is 11.3 Å². The van der Waals surface area contributed by atoms with E-state index in [0.717, 1.165) is 36.1 Å². The van der Waals surface area contributed by atoms with Crippen molar-refractivity contribution in [1.82, 2.24) is 19.7 Å². The first kappa shape index (κ1) is 21.5. The summed E-state index contributed by atoms with van der Waals surface area (Å²) in [4.78, 5) is 39.4. The second-order valence-corrected chi connectivity index (χ2v) is 8.13. The fourth-order valence-corrected chi connectivity index (χ4v) is 3.68. The van der Waals surface area contributed by atoms with Crippen LogP contribution in [0.25, 0.3) is 11.3 Å². The summed E-state index contributed by atoms with van der Waals surface area (Å²) in [6.07, 6.45) is 3.84. The first-order chi connectivity index (χ1) is 15.5. The molecule has 3 aromatic rings. The number of carbonyl (C=O) groups is 1. The number of hydrogen-bond donors (Lipinski definition) is 2. The minimum atomic E-state index is -0.531. The second kappa shape index (κ2) is 9.59. The quantitative estimate of drug-likeness (QED) is 0.615. The van der Waals surface area contributed by atoms with Gasteiger partial charge in [0.05, 0.1) is 5.69 Å². The van der Waals surface area contributed by atoms with Crippen LogP contribution in [0.2, 0.25) is 0 Å². The summed E-state index contributed by atoms with van der Waals surface area (Å²) in [6, 6.07) is 12.6. The Morgan fingerprint density at radius 3 is 2.47 bits per heavy atom. The zero-order valence-corrected chi connectivity index (χ0v) is 18.0. The van der Waals surface area contributed by atoms with E-state index in [1.807, 2.05) is 24.3 Å². The molecule has 32 heavy (non-hydrogen) atoms. The predicted molar refractivity (Wildman–Crippen MR) is 123 cm³/mol. The monoisotopic (exact) mass is 434 g/mol. The summed E-state index contributed by atoms with van der Waals surface area (Å²) in [5.74, 6) is 1.45. The van der Waals surface area contributed by atoms with Gasteiger partial charge in [-0.1, -0.05) is 19.1 Å². The van der Waals surface area contributed by atoms with Gasteiger partial charge in [-0.05, 0) is 43.0 Å². The third-order valence-electron chi connectivity index (χ3n) is 5.70. The van der Waals surface area contributed by atoms with Crippen molar-refractivity contribution in [3.05, 3.63) is 69.5 Å². The average molecular weight is 435 g/mol. The van der Waals surface area contributed by atoms with E-state index in [2.05, 4.69) is 32.3 Å². The number of rotatable bonds is 6. The molecule has 0 aliphatic carbocycles. The van der Waals surface area contributed by atoms with Crippen LogP contribution in [0.15, 0.2) is 58.3 Å². The molecule has 1 amide bonds. The lowest BCUT2D eigenvalue weighted by molar-refractivity contribution is -0.116. The fraction of sp³-hybridized carbons (Fsp3) is 0.348. The van der Waals surface area contributed by atoms with E-state index in [1.165, 1.54) is 29.7 Å². The van der Waals surface area contributed by atoms with Crippen molar-refractivity contribution in [2.24, 2.45) is 5.92 Å². The minimum Gasteiger partial charge on any atom is -0.355 e. The predicted octanol–water partition coefficient (Wildman–Crippen LogP) is 2.26. The van der Waals surface area contributed by atoms with Gasteiger partial charge in [-0.3, -0.25) is 14.6 Å². The molecule has 0 radical (unpaired) electrons.